The van der Waals surface area contributed by atoms with Crippen molar-refractivity contribution >= 4 is 28.9 Å². The van der Waals surface area contributed by atoms with Crippen LogP contribution in [0.25, 0.3) is 5.76 Å². The number of benzene rings is 1. The van der Waals surface area contributed by atoms with Gasteiger partial charge in [-0.05, 0) is 55.6 Å². The topological polar surface area (TPSA) is 161 Å². The number of phenolic OH excluding ortho intramolecular Hbond substituents is 1. The van der Waals surface area contributed by atoms with Crippen LogP contribution in [0.15, 0.2) is 29.0 Å². The highest BCUT2D eigenvalue weighted by molar-refractivity contribution is 6.23. The first kappa shape index (κ1) is 24.4. The molecule has 1 aromatic carbocycles. The van der Waals surface area contributed by atoms with Crippen LogP contribution < -0.4 is 10.6 Å². The largest absolute Gasteiger partial charge is 0.508 e. The van der Waals surface area contributed by atoms with E-state index in [4.69, 9.17) is 5.73 Å². The fourth-order valence-electron chi connectivity index (χ4n) is 6.84. The highest BCUT2D eigenvalue weighted by Crippen LogP contribution is 2.55. The smallest absolute Gasteiger partial charge is 0.255 e. The van der Waals surface area contributed by atoms with Gasteiger partial charge in [0, 0.05) is 30.5 Å². The van der Waals surface area contributed by atoms with Gasteiger partial charge in [-0.2, -0.15) is 0 Å². The average Bonchev–Trinajstić information content (AvgIpc) is 2.81. The normalized spacial score (nSPS) is 30.3. The summed E-state index contributed by atoms with van der Waals surface area (Å²) in [6.07, 6.45) is 3.52. The van der Waals surface area contributed by atoms with E-state index in [0.29, 0.717) is 17.7 Å². The van der Waals surface area contributed by atoms with Crippen LogP contribution in [0.5, 0.6) is 5.75 Å². The number of carbonyl (C=O) groups is 3. The van der Waals surface area contributed by atoms with Gasteiger partial charge in [0.05, 0.1) is 11.3 Å². The van der Waals surface area contributed by atoms with E-state index in [1.54, 1.807) is 13.8 Å². The molecule has 9 heteroatoms. The predicted octanol–water partition coefficient (Wildman–Crippen LogP) is 2.30. The summed E-state index contributed by atoms with van der Waals surface area (Å²) in [4.78, 5) is 41.1. The summed E-state index contributed by atoms with van der Waals surface area (Å²) in [5.74, 6) is -7.30. The van der Waals surface area contributed by atoms with Crippen molar-refractivity contribution in [2.24, 2.45) is 29.4 Å². The van der Waals surface area contributed by atoms with Gasteiger partial charge in [0.2, 0.25) is 5.78 Å². The van der Waals surface area contributed by atoms with Gasteiger partial charge in [-0.15, -0.1) is 0 Å². The SMILES string of the molecule is CC(C)[C@@H]1C(=O)C(C(N)=O)=C(O)[C@@]2(O)C(=O)C3=C(O)c4c(ccc(N5CCCCC5)c4O)C[C@H]3C[C@@H]12. The Morgan fingerprint density at radius 1 is 1.11 bits per heavy atom. The van der Waals surface area contributed by atoms with Crippen LogP contribution in [0.4, 0.5) is 5.69 Å². The van der Waals surface area contributed by atoms with Crippen LogP contribution in [0.3, 0.4) is 0 Å². The van der Waals surface area contributed by atoms with Crippen LogP contribution >= 0.6 is 0 Å². The van der Waals surface area contributed by atoms with Crippen LogP contribution in [-0.2, 0) is 20.8 Å². The summed E-state index contributed by atoms with van der Waals surface area (Å²) in [7, 11) is 0. The molecule has 1 saturated carbocycles. The van der Waals surface area contributed by atoms with Gasteiger partial charge in [-0.25, -0.2) is 0 Å². The minimum atomic E-state index is -2.58. The van der Waals surface area contributed by atoms with E-state index in [-0.39, 0.29) is 29.2 Å². The molecule has 6 N–H and O–H groups in total. The highest BCUT2D eigenvalue weighted by Gasteiger charge is 2.64. The first-order chi connectivity index (χ1) is 17.0. The number of ketones is 2. The Labute approximate surface area is 208 Å². The molecule has 9 nitrogen and oxygen atoms in total. The highest BCUT2D eigenvalue weighted by atomic mass is 16.3. The van der Waals surface area contributed by atoms with Gasteiger partial charge in [0.15, 0.2) is 11.4 Å². The number of primary amides is 1. The molecule has 5 rings (SSSR count). The quantitative estimate of drug-likeness (QED) is 0.398. The molecule has 0 bridgehead atoms. The van der Waals surface area contributed by atoms with Crippen molar-refractivity contribution in [3.8, 4) is 5.75 Å². The Kier molecular flexibility index (Phi) is 5.66. The molecule has 4 atom stereocenters. The number of rotatable bonds is 3. The number of fused-ring (bicyclic) bond motifs is 3. The van der Waals surface area contributed by atoms with Crippen LogP contribution in [0, 0.1) is 23.7 Å². The first-order valence-corrected chi connectivity index (χ1v) is 12.6. The number of Topliss-reactive ketones (excluding diaryl/α,β-unsaturated/α-hetero) is 2. The summed E-state index contributed by atoms with van der Waals surface area (Å²) < 4.78 is 0. The molecular weight excluding hydrogens is 464 g/mol. The Bertz CT molecular complexity index is 1240. The lowest BCUT2D eigenvalue weighted by molar-refractivity contribution is -0.155. The number of piperidine rings is 1. The van der Waals surface area contributed by atoms with Crippen molar-refractivity contribution in [3.63, 3.8) is 0 Å². The maximum absolute atomic E-state index is 13.9. The molecular formula is C27H32N2O7. The maximum Gasteiger partial charge on any atom is 0.255 e. The number of carbonyl (C=O) groups excluding carboxylic acids is 3. The number of hydrogen-bond acceptors (Lipinski definition) is 8. The number of nitrogens with zero attached hydrogens (tertiary/aromatic N) is 1. The minimum absolute atomic E-state index is 0.112. The molecule has 4 aliphatic rings. The van der Waals surface area contributed by atoms with Gasteiger partial charge >= 0.3 is 0 Å². The number of nitrogens with two attached hydrogens (primary N) is 1. The van der Waals surface area contributed by atoms with E-state index in [2.05, 4.69) is 0 Å². The van der Waals surface area contributed by atoms with Crippen molar-refractivity contribution in [2.45, 2.75) is 51.6 Å². The predicted molar refractivity (Wildman–Crippen MR) is 131 cm³/mol. The molecule has 2 fully saturated rings. The van der Waals surface area contributed by atoms with Crippen molar-refractivity contribution in [1.82, 2.24) is 0 Å². The second-order valence-corrected chi connectivity index (χ2v) is 10.8. The molecule has 0 aromatic heterocycles. The molecule has 1 amide bonds. The molecule has 36 heavy (non-hydrogen) atoms. The standard InChI is InChI=1S/C27H32N2O7/c1-12(2)17-15-11-14-10-13-6-7-16(29-8-4-3-5-9-29)21(30)18(13)23(32)19(14)24(33)27(15,36)25(34)20(22(17)31)26(28)35/h6-7,12,14-15,17,30,32,34,36H,3-5,8-11H2,1-2H3,(H2,28,35)/t14-,15-,17-,27-/m0/s1. The zero-order valence-electron chi connectivity index (χ0n) is 20.5. The van der Waals surface area contributed by atoms with Gasteiger partial charge < -0.3 is 31.1 Å². The number of phenols is 1. The number of amides is 1. The van der Waals surface area contributed by atoms with E-state index in [1.165, 1.54) is 0 Å². The minimum Gasteiger partial charge on any atom is -0.508 e. The lowest BCUT2D eigenvalue weighted by Crippen LogP contribution is -2.62. The van der Waals surface area contributed by atoms with Gasteiger partial charge in [0.1, 0.15) is 22.8 Å². The Morgan fingerprint density at radius 2 is 1.78 bits per heavy atom. The number of aromatic hydroxyl groups is 1. The van der Waals surface area contributed by atoms with E-state index in [9.17, 15) is 34.8 Å². The third kappa shape index (κ3) is 3.21. The van der Waals surface area contributed by atoms with Crippen molar-refractivity contribution in [1.29, 1.82) is 0 Å². The number of hydrogen-bond donors (Lipinski definition) is 5. The van der Waals surface area contributed by atoms with Crippen molar-refractivity contribution in [3.05, 3.63) is 40.2 Å². The summed E-state index contributed by atoms with van der Waals surface area (Å²) in [5, 5.41) is 45.1. The lowest BCUT2D eigenvalue weighted by atomic mass is 9.54. The summed E-state index contributed by atoms with van der Waals surface area (Å²) in [6.45, 7) is 5.03. The molecule has 1 heterocycles. The third-order valence-electron chi connectivity index (χ3n) is 8.52. The Balaban J connectivity index is 1.67. The monoisotopic (exact) mass is 496 g/mol. The number of aliphatic hydroxyl groups excluding tert-OH is 2. The van der Waals surface area contributed by atoms with Crippen LogP contribution in [0.2, 0.25) is 0 Å². The van der Waals surface area contributed by atoms with E-state index in [1.807, 2.05) is 17.0 Å². The second kappa shape index (κ2) is 8.37. The molecule has 1 aliphatic heterocycles. The molecule has 0 spiro atoms. The molecule has 0 radical (unpaired) electrons. The van der Waals surface area contributed by atoms with Gasteiger partial charge in [-0.3, -0.25) is 14.4 Å². The number of anilines is 1. The molecule has 0 unspecified atom stereocenters. The summed E-state index contributed by atoms with van der Waals surface area (Å²) >= 11 is 0. The first-order valence-electron chi connectivity index (χ1n) is 12.6. The van der Waals surface area contributed by atoms with Crippen molar-refractivity contribution in [2.75, 3.05) is 18.0 Å². The lowest BCUT2D eigenvalue weighted by Gasteiger charge is -2.50. The summed E-state index contributed by atoms with van der Waals surface area (Å²) in [5.41, 5.74) is 3.28. The zero-order chi connectivity index (χ0) is 26.1. The molecule has 3 aliphatic carbocycles. The fraction of sp³-hybridized carbons (Fsp3) is 0.519. The van der Waals surface area contributed by atoms with Crippen molar-refractivity contribution < 1.29 is 34.8 Å². The second-order valence-electron chi connectivity index (χ2n) is 10.8. The molecule has 1 aromatic rings. The van der Waals surface area contributed by atoms with Gasteiger partial charge in [-0.1, -0.05) is 19.9 Å². The van der Waals surface area contributed by atoms with E-state index >= 15 is 0 Å². The van der Waals surface area contributed by atoms with Crippen LogP contribution in [0.1, 0.15) is 50.7 Å². The average molecular weight is 497 g/mol. The van der Waals surface area contributed by atoms with Crippen LogP contribution in [-0.4, -0.2) is 56.6 Å². The molecule has 192 valence electrons. The molecule has 1 saturated heterocycles. The Morgan fingerprint density at radius 3 is 2.39 bits per heavy atom. The van der Waals surface area contributed by atoms with E-state index in [0.717, 1.165) is 32.4 Å². The fourth-order valence-corrected chi connectivity index (χ4v) is 6.84. The number of aliphatic hydroxyl groups is 3. The Hall–Kier alpha value is -3.33. The maximum atomic E-state index is 13.9. The zero-order valence-corrected chi connectivity index (χ0v) is 20.5. The third-order valence-corrected chi connectivity index (χ3v) is 8.52. The van der Waals surface area contributed by atoms with E-state index < -0.39 is 57.9 Å². The van der Waals surface area contributed by atoms with Gasteiger partial charge in [0.25, 0.3) is 5.91 Å². The summed E-state index contributed by atoms with van der Waals surface area (Å²) in [6, 6.07) is 3.67.